The van der Waals surface area contributed by atoms with Crippen molar-refractivity contribution >= 4 is 29.0 Å². The fraction of sp³-hybridized carbons (Fsp3) is 0.200. The predicted molar refractivity (Wildman–Crippen MR) is 80.1 cm³/mol. The molecular formula is C15H17ClNS+. The Labute approximate surface area is 117 Å². The molecule has 0 amide bonds. The van der Waals surface area contributed by atoms with Crippen molar-refractivity contribution in [1.29, 1.82) is 0 Å². The minimum atomic E-state index is 0.0328. The Morgan fingerprint density at radius 1 is 1.22 bits per heavy atom. The van der Waals surface area contributed by atoms with E-state index in [-0.39, 0.29) is 5.50 Å². The van der Waals surface area contributed by atoms with Crippen LogP contribution in [0.3, 0.4) is 0 Å². The zero-order valence-electron chi connectivity index (χ0n) is 10.3. The van der Waals surface area contributed by atoms with Crippen LogP contribution in [0.2, 0.25) is 0 Å². The third-order valence-electron chi connectivity index (χ3n) is 2.78. The Balaban J connectivity index is 1.88. The predicted octanol–water partition coefficient (Wildman–Crippen LogP) is 3.21. The van der Waals surface area contributed by atoms with Gasteiger partial charge in [0.2, 0.25) is 0 Å². The lowest BCUT2D eigenvalue weighted by Gasteiger charge is -2.16. The molecule has 1 N–H and O–H groups in total. The van der Waals surface area contributed by atoms with Crippen molar-refractivity contribution < 1.29 is 4.90 Å². The fourth-order valence-electron chi connectivity index (χ4n) is 1.73. The third kappa shape index (κ3) is 3.70. The Morgan fingerprint density at radius 3 is 2.67 bits per heavy atom. The van der Waals surface area contributed by atoms with Gasteiger partial charge in [-0.15, -0.1) is 11.3 Å². The van der Waals surface area contributed by atoms with Crippen molar-refractivity contribution in [3.63, 3.8) is 0 Å². The average molecular weight is 279 g/mol. The smallest absolute Gasteiger partial charge is 0.198 e. The first kappa shape index (κ1) is 13.3. The van der Waals surface area contributed by atoms with Gasteiger partial charge >= 0.3 is 0 Å². The molecular weight excluding hydrogens is 262 g/mol. The van der Waals surface area contributed by atoms with Crippen molar-refractivity contribution in [2.45, 2.75) is 5.50 Å². The summed E-state index contributed by atoms with van der Waals surface area (Å²) in [6.45, 7) is 0.918. The van der Waals surface area contributed by atoms with Crippen LogP contribution in [0.15, 0.2) is 53.9 Å². The molecule has 2 aromatic rings. The van der Waals surface area contributed by atoms with Gasteiger partial charge < -0.3 is 4.90 Å². The van der Waals surface area contributed by atoms with Gasteiger partial charge in [0, 0.05) is 0 Å². The van der Waals surface area contributed by atoms with Crippen LogP contribution in [0.5, 0.6) is 0 Å². The second-order valence-electron chi connectivity index (χ2n) is 4.24. The number of quaternary nitrogens is 1. The Kier molecular flexibility index (Phi) is 5.00. The molecule has 0 aliphatic heterocycles. The largest absolute Gasteiger partial charge is 0.314 e. The minimum Gasteiger partial charge on any atom is -0.314 e. The molecule has 0 saturated heterocycles. The summed E-state index contributed by atoms with van der Waals surface area (Å²) in [7, 11) is 2.12. The average Bonchev–Trinajstić information content (AvgIpc) is 2.93. The summed E-state index contributed by atoms with van der Waals surface area (Å²) < 4.78 is 0. The van der Waals surface area contributed by atoms with Crippen LogP contribution in [0, 0.1) is 0 Å². The lowest BCUT2D eigenvalue weighted by molar-refractivity contribution is -0.891. The monoisotopic (exact) mass is 278 g/mol. The molecule has 0 saturated carbocycles. The molecule has 0 aliphatic rings. The molecule has 1 heterocycles. The van der Waals surface area contributed by atoms with E-state index in [0.29, 0.717) is 0 Å². The summed E-state index contributed by atoms with van der Waals surface area (Å²) >= 11 is 8.13. The van der Waals surface area contributed by atoms with E-state index in [9.17, 15) is 0 Å². The zero-order valence-corrected chi connectivity index (χ0v) is 11.9. The third-order valence-corrected chi connectivity index (χ3v) is 4.45. The van der Waals surface area contributed by atoms with Crippen LogP contribution in [-0.2, 0) is 0 Å². The van der Waals surface area contributed by atoms with Gasteiger partial charge in [-0.2, -0.15) is 0 Å². The van der Waals surface area contributed by atoms with E-state index in [1.165, 1.54) is 15.3 Å². The van der Waals surface area contributed by atoms with E-state index in [1.807, 2.05) is 24.3 Å². The Bertz CT molecular complexity index is 478. The van der Waals surface area contributed by atoms with Crippen LogP contribution < -0.4 is 4.90 Å². The van der Waals surface area contributed by atoms with E-state index in [2.05, 4.69) is 42.8 Å². The van der Waals surface area contributed by atoms with E-state index in [0.717, 1.165) is 6.54 Å². The summed E-state index contributed by atoms with van der Waals surface area (Å²) in [6.07, 6.45) is 4.31. The first-order valence-corrected chi connectivity index (χ1v) is 7.30. The maximum atomic E-state index is 6.42. The standard InChI is InChI=1S/C15H16ClNS/c1-17(15(16)14-10-6-12-18-14)11-5-9-13-7-3-2-4-8-13/h2-10,12,15H,11H2,1H3/p+1/b9-5+. The van der Waals surface area contributed by atoms with E-state index >= 15 is 0 Å². The van der Waals surface area contributed by atoms with Crippen LogP contribution >= 0.6 is 22.9 Å². The number of rotatable bonds is 5. The zero-order chi connectivity index (χ0) is 12.8. The normalized spacial score (nSPS) is 14.8. The van der Waals surface area contributed by atoms with Crippen molar-refractivity contribution in [2.75, 3.05) is 13.6 Å². The molecule has 0 aliphatic carbocycles. The van der Waals surface area contributed by atoms with Gasteiger partial charge in [-0.05, 0) is 23.1 Å². The lowest BCUT2D eigenvalue weighted by atomic mass is 10.2. The minimum absolute atomic E-state index is 0.0328. The summed E-state index contributed by atoms with van der Waals surface area (Å²) in [5, 5.41) is 2.07. The van der Waals surface area contributed by atoms with Gasteiger partial charge in [0.25, 0.3) is 0 Å². The molecule has 0 radical (unpaired) electrons. The molecule has 2 atom stereocenters. The number of nitrogens with one attached hydrogen (secondary N) is 1. The molecule has 0 spiro atoms. The number of likely N-dealkylation sites (N-methyl/N-ethyl adjacent to an activating group) is 1. The van der Waals surface area contributed by atoms with E-state index in [4.69, 9.17) is 11.6 Å². The fourth-order valence-corrected chi connectivity index (χ4v) is 2.84. The summed E-state index contributed by atoms with van der Waals surface area (Å²) in [5.74, 6) is 0. The molecule has 18 heavy (non-hydrogen) atoms. The number of alkyl halides is 1. The highest BCUT2D eigenvalue weighted by Crippen LogP contribution is 2.19. The van der Waals surface area contributed by atoms with Crippen molar-refractivity contribution in [3.8, 4) is 0 Å². The Hall–Kier alpha value is -1.09. The quantitative estimate of drug-likeness (QED) is 0.633. The second-order valence-corrected chi connectivity index (χ2v) is 5.66. The van der Waals surface area contributed by atoms with Crippen LogP contribution in [0.4, 0.5) is 0 Å². The molecule has 1 aromatic heterocycles. The molecule has 0 bridgehead atoms. The van der Waals surface area contributed by atoms with Gasteiger partial charge in [0.1, 0.15) is 0 Å². The highest BCUT2D eigenvalue weighted by molar-refractivity contribution is 7.10. The molecule has 1 nitrogen and oxygen atoms in total. The number of thiophene rings is 1. The number of hydrogen-bond acceptors (Lipinski definition) is 1. The summed E-state index contributed by atoms with van der Waals surface area (Å²) in [4.78, 5) is 2.51. The van der Waals surface area contributed by atoms with Gasteiger partial charge in [-0.1, -0.05) is 54.1 Å². The summed E-state index contributed by atoms with van der Waals surface area (Å²) in [6, 6.07) is 14.5. The number of hydrogen-bond donors (Lipinski definition) is 1. The SMILES string of the molecule is C[NH+](C/C=C/c1ccccc1)C(Cl)c1cccs1. The van der Waals surface area contributed by atoms with Crippen LogP contribution in [0.25, 0.3) is 6.08 Å². The molecule has 94 valence electrons. The number of halogens is 1. The molecule has 2 rings (SSSR count). The summed E-state index contributed by atoms with van der Waals surface area (Å²) in [5.41, 5.74) is 1.26. The number of benzene rings is 1. The van der Waals surface area contributed by atoms with Crippen LogP contribution in [-0.4, -0.2) is 13.6 Å². The maximum Gasteiger partial charge on any atom is 0.198 e. The first-order chi connectivity index (χ1) is 8.77. The topological polar surface area (TPSA) is 4.44 Å². The Morgan fingerprint density at radius 2 is 2.00 bits per heavy atom. The molecule has 0 fully saturated rings. The second kappa shape index (κ2) is 6.74. The lowest BCUT2D eigenvalue weighted by Crippen LogP contribution is -3.08. The van der Waals surface area contributed by atoms with Crippen molar-refractivity contribution in [1.82, 2.24) is 0 Å². The molecule has 2 unspecified atom stereocenters. The highest BCUT2D eigenvalue weighted by Gasteiger charge is 2.16. The van der Waals surface area contributed by atoms with Gasteiger partial charge in [-0.3, -0.25) is 0 Å². The maximum absolute atomic E-state index is 6.42. The van der Waals surface area contributed by atoms with E-state index < -0.39 is 0 Å². The molecule has 1 aromatic carbocycles. The van der Waals surface area contributed by atoms with Crippen LogP contribution in [0.1, 0.15) is 15.9 Å². The van der Waals surface area contributed by atoms with Gasteiger partial charge in [0.05, 0.1) is 18.5 Å². The highest BCUT2D eigenvalue weighted by atomic mass is 35.5. The van der Waals surface area contributed by atoms with Crippen molar-refractivity contribution in [2.24, 2.45) is 0 Å². The van der Waals surface area contributed by atoms with Crippen molar-refractivity contribution in [3.05, 3.63) is 64.4 Å². The molecule has 3 heteroatoms. The first-order valence-electron chi connectivity index (χ1n) is 5.99. The van der Waals surface area contributed by atoms with Gasteiger partial charge in [-0.25, -0.2) is 0 Å². The van der Waals surface area contributed by atoms with Gasteiger partial charge in [0.15, 0.2) is 5.50 Å². The van der Waals surface area contributed by atoms with E-state index in [1.54, 1.807) is 11.3 Å².